The fourth-order valence-corrected chi connectivity index (χ4v) is 9.70. The molecule has 0 aliphatic heterocycles. The summed E-state index contributed by atoms with van der Waals surface area (Å²) in [5, 5.41) is 24.3. The zero-order chi connectivity index (χ0) is 27.9. The van der Waals surface area contributed by atoms with Crippen molar-refractivity contribution in [3.63, 3.8) is 0 Å². The summed E-state index contributed by atoms with van der Waals surface area (Å²) >= 11 is 0. The molecule has 3 fully saturated rings. The van der Waals surface area contributed by atoms with Gasteiger partial charge in [0.2, 0.25) is 5.91 Å². The van der Waals surface area contributed by atoms with Crippen LogP contribution in [0.3, 0.4) is 0 Å². The Morgan fingerprint density at radius 1 is 1.00 bits per heavy atom. The van der Waals surface area contributed by atoms with Crippen LogP contribution in [0.2, 0.25) is 0 Å². The molecule has 0 aromatic heterocycles. The summed E-state index contributed by atoms with van der Waals surface area (Å²) in [4.78, 5) is 14.4. The van der Waals surface area contributed by atoms with Crippen molar-refractivity contribution in [3.8, 4) is 11.5 Å². The molecule has 4 aliphatic carbocycles. The molecule has 5 heteroatoms. The SMILES string of the molecule is Cc1c(O)c(O)cc2c1C=CC1[C@@]2(C)CC[C@@]2(C)[C@@H]3C[C@](C)(CNC(=O)CN(C)C)CC[C@]3(C)CC[C@]12C. The lowest BCUT2D eigenvalue weighted by Gasteiger charge is -2.71. The molecule has 3 N–H and O–H groups in total. The van der Waals surface area contributed by atoms with Crippen LogP contribution < -0.4 is 5.32 Å². The quantitative estimate of drug-likeness (QED) is 0.400. The van der Waals surface area contributed by atoms with Gasteiger partial charge in [0.15, 0.2) is 11.5 Å². The van der Waals surface area contributed by atoms with E-state index < -0.39 is 0 Å². The van der Waals surface area contributed by atoms with E-state index in [-0.39, 0.29) is 39.1 Å². The van der Waals surface area contributed by atoms with Gasteiger partial charge in [-0.15, -0.1) is 0 Å². The van der Waals surface area contributed by atoms with Gasteiger partial charge in [0, 0.05) is 17.5 Å². The molecule has 0 radical (unpaired) electrons. The molecule has 0 bridgehead atoms. The average molecular weight is 523 g/mol. The maximum atomic E-state index is 12.5. The van der Waals surface area contributed by atoms with Gasteiger partial charge in [0.1, 0.15) is 0 Å². The van der Waals surface area contributed by atoms with Crippen LogP contribution in [0.1, 0.15) is 96.3 Å². The van der Waals surface area contributed by atoms with Gasteiger partial charge in [-0.2, -0.15) is 0 Å². The van der Waals surface area contributed by atoms with Gasteiger partial charge in [-0.1, -0.05) is 46.8 Å². The number of benzene rings is 1. The van der Waals surface area contributed by atoms with E-state index in [0.717, 1.165) is 36.9 Å². The predicted octanol–water partition coefficient (Wildman–Crippen LogP) is 6.40. The molecule has 0 spiro atoms. The van der Waals surface area contributed by atoms with E-state index in [1.807, 2.05) is 32.0 Å². The van der Waals surface area contributed by atoms with Gasteiger partial charge in [-0.05, 0) is 117 Å². The minimum Gasteiger partial charge on any atom is -0.504 e. The first kappa shape index (κ1) is 27.6. The number of likely N-dealkylation sites (N-methyl/N-ethyl adjacent to an activating group) is 1. The van der Waals surface area contributed by atoms with E-state index in [1.54, 1.807) is 0 Å². The van der Waals surface area contributed by atoms with Crippen molar-refractivity contribution in [1.82, 2.24) is 10.2 Å². The molecule has 1 amide bonds. The van der Waals surface area contributed by atoms with Crippen LogP contribution in [-0.4, -0.2) is 48.2 Å². The lowest BCUT2D eigenvalue weighted by atomic mass is 9.33. The van der Waals surface area contributed by atoms with Crippen LogP contribution >= 0.6 is 0 Å². The number of amides is 1. The number of nitrogens with zero attached hydrogens (tertiary/aromatic N) is 1. The van der Waals surface area contributed by atoms with Gasteiger partial charge >= 0.3 is 0 Å². The van der Waals surface area contributed by atoms with Gasteiger partial charge in [0.05, 0.1) is 6.54 Å². The van der Waals surface area contributed by atoms with Crippen molar-refractivity contribution < 1.29 is 15.0 Å². The Bertz CT molecular complexity index is 1180. The number of fused-ring (bicyclic) bond motifs is 7. The number of phenolic OH excluding ortho intramolecular Hbond substituents is 2. The number of hydrogen-bond donors (Lipinski definition) is 3. The summed E-state index contributed by atoms with van der Waals surface area (Å²) in [5.41, 5.74) is 3.78. The number of phenols is 2. The van der Waals surface area contributed by atoms with Gasteiger partial charge < -0.3 is 20.4 Å². The smallest absolute Gasteiger partial charge is 0.234 e. The Balaban J connectivity index is 1.48. The largest absolute Gasteiger partial charge is 0.504 e. The van der Waals surface area contributed by atoms with Gasteiger partial charge in [-0.25, -0.2) is 0 Å². The first-order chi connectivity index (χ1) is 17.6. The molecule has 1 aromatic carbocycles. The Morgan fingerprint density at radius 3 is 2.34 bits per heavy atom. The molecule has 3 saturated carbocycles. The van der Waals surface area contributed by atoms with Crippen LogP contribution in [0, 0.1) is 40.4 Å². The summed E-state index contributed by atoms with van der Waals surface area (Å²) < 4.78 is 0. The standard InChI is InChI=1S/C33H50N2O3/c1-21-22-9-10-25-31(4,23(22)17-24(36)28(21)38)14-16-33(6)26-18-29(2,20-34-27(37)19-35(7)8)11-12-30(26,3)13-15-32(25,33)5/h9-10,17,25-26,36,38H,11-16,18-20H2,1-8H3,(H,34,37)/t25?,26-,29-,30-,31+,32-,33+/m1/s1. The van der Waals surface area contributed by atoms with Crippen molar-refractivity contribution in [1.29, 1.82) is 0 Å². The Morgan fingerprint density at radius 2 is 1.66 bits per heavy atom. The third kappa shape index (κ3) is 3.85. The second kappa shape index (κ2) is 8.74. The third-order valence-electron chi connectivity index (χ3n) is 12.5. The van der Waals surface area contributed by atoms with Crippen molar-refractivity contribution in [2.45, 2.75) is 91.9 Å². The fraction of sp³-hybridized carbons (Fsp3) is 0.727. The first-order valence-corrected chi connectivity index (χ1v) is 14.7. The van der Waals surface area contributed by atoms with E-state index in [1.165, 1.54) is 31.2 Å². The number of hydrogen-bond acceptors (Lipinski definition) is 4. The van der Waals surface area contributed by atoms with E-state index in [4.69, 9.17) is 0 Å². The molecule has 0 saturated heterocycles. The van der Waals surface area contributed by atoms with Crippen LogP contribution in [0.25, 0.3) is 6.08 Å². The highest BCUT2D eigenvalue weighted by atomic mass is 16.3. The highest BCUT2D eigenvalue weighted by Crippen LogP contribution is 2.75. The molecule has 1 aromatic rings. The maximum Gasteiger partial charge on any atom is 0.234 e. The monoisotopic (exact) mass is 522 g/mol. The lowest BCUT2D eigenvalue weighted by Crippen LogP contribution is -2.65. The van der Waals surface area contributed by atoms with Crippen molar-refractivity contribution in [2.24, 2.45) is 33.5 Å². The van der Waals surface area contributed by atoms with E-state index in [2.05, 4.69) is 52.1 Å². The molecule has 5 nitrogen and oxygen atoms in total. The topological polar surface area (TPSA) is 72.8 Å². The Kier molecular flexibility index (Phi) is 6.34. The number of nitrogens with one attached hydrogen (secondary N) is 1. The Labute approximate surface area is 230 Å². The van der Waals surface area contributed by atoms with E-state index in [9.17, 15) is 15.0 Å². The summed E-state index contributed by atoms with van der Waals surface area (Å²) in [6, 6.07) is 1.85. The molecule has 0 heterocycles. The zero-order valence-electron chi connectivity index (χ0n) is 25.0. The van der Waals surface area contributed by atoms with Gasteiger partial charge in [-0.3, -0.25) is 4.79 Å². The summed E-state index contributed by atoms with van der Waals surface area (Å²) in [6.07, 6.45) is 13.0. The number of carbonyl (C=O) groups is 1. The van der Waals surface area contributed by atoms with Crippen LogP contribution in [0.5, 0.6) is 11.5 Å². The third-order valence-corrected chi connectivity index (χ3v) is 12.5. The molecule has 4 aliphatic rings. The zero-order valence-corrected chi connectivity index (χ0v) is 25.0. The molecule has 38 heavy (non-hydrogen) atoms. The summed E-state index contributed by atoms with van der Waals surface area (Å²) in [6.45, 7) is 15.6. The van der Waals surface area contributed by atoms with E-state index in [0.29, 0.717) is 23.8 Å². The minimum absolute atomic E-state index is 0.00518. The van der Waals surface area contributed by atoms with Gasteiger partial charge in [0.25, 0.3) is 0 Å². The lowest BCUT2D eigenvalue weighted by molar-refractivity contribution is -0.199. The second-order valence-electron chi connectivity index (χ2n) is 15.2. The highest BCUT2D eigenvalue weighted by molar-refractivity contribution is 5.78. The normalized spacial score (nSPS) is 41.6. The minimum atomic E-state index is -0.0693. The maximum absolute atomic E-state index is 12.5. The number of aromatic hydroxyl groups is 2. The molecule has 1 unspecified atom stereocenters. The molecule has 7 atom stereocenters. The number of allylic oxidation sites excluding steroid dienone is 1. The summed E-state index contributed by atoms with van der Waals surface area (Å²) in [7, 11) is 3.88. The molecular weight excluding hydrogens is 472 g/mol. The van der Waals surface area contributed by atoms with Crippen molar-refractivity contribution >= 4 is 12.0 Å². The van der Waals surface area contributed by atoms with Crippen molar-refractivity contribution in [3.05, 3.63) is 28.8 Å². The van der Waals surface area contributed by atoms with Crippen LogP contribution in [0.15, 0.2) is 12.1 Å². The van der Waals surface area contributed by atoms with Crippen LogP contribution in [-0.2, 0) is 10.2 Å². The average Bonchev–Trinajstić information content (AvgIpc) is 2.84. The fourth-order valence-electron chi connectivity index (χ4n) is 9.70. The number of rotatable bonds is 4. The predicted molar refractivity (Wildman–Crippen MR) is 154 cm³/mol. The molecule has 5 rings (SSSR count). The summed E-state index contributed by atoms with van der Waals surface area (Å²) in [5.74, 6) is 1.11. The van der Waals surface area contributed by atoms with Crippen molar-refractivity contribution in [2.75, 3.05) is 27.2 Å². The van der Waals surface area contributed by atoms with E-state index >= 15 is 0 Å². The highest BCUT2D eigenvalue weighted by Gasteiger charge is 2.67. The van der Waals surface area contributed by atoms with Crippen LogP contribution in [0.4, 0.5) is 0 Å². The molecule has 210 valence electrons. The molecular formula is C33H50N2O3. The second-order valence-corrected chi connectivity index (χ2v) is 15.2. The Hall–Kier alpha value is -2.01. The number of carbonyl (C=O) groups excluding carboxylic acids is 1. The first-order valence-electron chi connectivity index (χ1n) is 14.7.